The molecule has 1 atom stereocenters. The van der Waals surface area contributed by atoms with E-state index in [9.17, 15) is 14.7 Å². The second-order valence-electron chi connectivity index (χ2n) is 6.98. The Morgan fingerprint density at radius 1 is 1.07 bits per heavy atom. The van der Waals surface area contributed by atoms with E-state index in [2.05, 4.69) is 33.4 Å². The Labute approximate surface area is 180 Å². The van der Waals surface area contributed by atoms with E-state index in [1.165, 1.54) is 18.3 Å². The lowest BCUT2D eigenvalue weighted by molar-refractivity contribution is -0.144. The van der Waals surface area contributed by atoms with Crippen molar-refractivity contribution in [2.24, 2.45) is 0 Å². The van der Waals surface area contributed by atoms with Crippen LogP contribution in [0, 0.1) is 0 Å². The van der Waals surface area contributed by atoms with Crippen molar-refractivity contribution in [3.8, 4) is 11.1 Å². The number of carbonyl (C=O) groups is 2. The van der Waals surface area contributed by atoms with Crippen molar-refractivity contribution in [1.29, 1.82) is 0 Å². The molecular weight excluding hydrogens is 454 g/mol. The fourth-order valence-corrected chi connectivity index (χ4v) is 5.12. The maximum absolute atomic E-state index is 12.5. The van der Waals surface area contributed by atoms with Gasteiger partial charge < -0.3 is 15.2 Å². The largest absolute Gasteiger partial charge is 0.479 e. The van der Waals surface area contributed by atoms with Crippen LogP contribution in [0.5, 0.6) is 0 Å². The Kier molecular flexibility index (Phi) is 5.19. The lowest BCUT2D eigenvalue weighted by atomic mass is 9.98. The zero-order valence-electron chi connectivity index (χ0n) is 15.5. The van der Waals surface area contributed by atoms with Gasteiger partial charge in [-0.25, -0.2) is 9.59 Å². The minimum absolute atomic E-state index is 0.0832. The Morgan fingerprint density at radius 2 is 1.66 bits per heavy atom. The van der Waals surface area contributed by atoms with E-state index in [1.807, 2.05) is 36.4 Å². The Balaban J connectivity index is 1.52. The van der Waals surface area contributed by atoms with Gasteiger partial charge in [0, 0.05) is 10.8 Å². The molecule has 1 aliphatic rings. The zero-order valence-corrected chi connectivity index (χ0v) is 17.9. The van der Waals surface area contributed by atoms with Crippen LogP contribution in [0.25, 0.3) is 11.1 Å². The lowest BCUT2D eigenvalue weighted by Crippen LogP contribution is -2.49. The summed E-state index contributed by atoms with van der Waals surface area (Å²) in [6.07, 6.45) is -0.763. The van der Waals surface area contributed by atoms with Crippen LogP contribution in [0.2, 0.25) is 0 Å². The van der Waals surface area contributed by atoms with Crippen LogP contribution in [-0.4, -0.2) is 23.8 Å². The molecule has 0 radical (unpaired) electrons. The van der Waals surface area contributed by atoms with Gasteiger partial charge in [0.1, 0.15) is 6.61 Å². The van der Waals surface area contributed by atoms with Gasteiger partial charge in [0.2, 0.25) is 0 Å². The highest BCUT2D eigenvalue weighted by Gasteiger charge is 2.39. The first-order valence-electron chi connectivity index (χ1n) is 9.02. The van der Waals surface area contributed by atoms with Crippen molar-refractivity contribution in [3.05, 3.63) is 80.5 Å². The Hall–Kier alpha value is -2.64. The summed E-state index contributed by atoms with van der Waals surface area (Å²) in [5.74, 6) is -1.24. The van der Waals surface area contributed by atoms with E-state index in [0.717, 1.165) is 26.0 Å². The number of hydrogen-bond acceptors (Lipinski definition) is 4. The molecule has 1 aliphatic carbocycles. The predicted molar refractivity (Wildman–Crippen MR) is 115 cm³/mol. The molecule has 7 heteroatoms. The summed E-state index contributed by atoms with van der Waals surface area (Å²) in [5, 5.41) is 12.2. The topological polar surface area (TPSA) is 75.6 Å². The summed E-state index contributed by atoms with van der Waals surface area (Å²) >= 11 is 4.58. The normalized spacial score (nSPS) is 14.6. The number of carboxylic acids is 1. The van der Waals surface area contributed by atoms with Crippen molar-refractivity contribution >= 4 is 39.3 Å². The molecule has 0 bridgehead atoms. The summed E-state index contributed by atoms with van der Waals surface area (Å²) < 4.78 is 6.28. The number of hydrogen-bond donors (Lipinski definition) is 2. The molecule has 0 fully saturated rings. The maximum Gasteiger partial charge on any atom is 0.408 e. The molecule has 2 N–H and O–H groups in total. The van der Waals surface area contributed by atoms with Gasteiger partial charge >= 0.3 is 12.1 Å². The molecule has 1 aromatic heterocycles. The number of nitrogens with one attached hydrogen (secondary N) is 1. The average Bonchev–Trinajstić information content (AvgIpc) is 3.28. The first kappa shape index (κ1) is 19.7. The third kappa shape index (κ3) is 3.56. The summed E-state index contributed by atoms with van der Waals surface area (Å²) in [6.45, 7) is 1.58. The second kappa shape index (κ2) is 7.65. The van der Waals surface area contributed by atoms with Crippen molar-refractivity contribution in [1.82, 2.24) is 5.32 Å². The second-order valence-corrected chi connectivity index (χ2v) is 9.45. The molecule has 148 valence electrons. The number of carbonyl (C=O) groups excluding carboxylic acids is 1. The van der Waals surface area contributed by atoms with Gasteiger partial charge in [-0.2, -0.15) is 0 Å². The van der Waals surface area contributed by atoms with Gasteiger partial charge in [-0.15, -0.1) is 11.3 Å². The van der Waals surface area contributed by atoms with Crippen LogP contribution < -0.4 is 5.32 Å². The van der Waals surface area contributed by atoms with E-state index in [4.69, 9.17) is 4.74 Å². The molecule has 4 rings (SSSR count). The highest BCUT2D eigenvalue weighted by atomic mass is 79.9. The molecule has 29 heavy (non-hydrogen) atoms. The summed E-state index contributed by atoms with van der Waals surface area (Å²) in [4.78, 5) is 24.9. The highest BCUT2D eigenvalue weighted by molar-refractivity contribution is 9.11. The maximum atomic E-state index is 12.5. The zero-order chi connectivity index (χ0) is 20.6. The summed E-state index contributed by atoms with van der Waals surface area (Å²) in [5.41, 5.74) is 2.90. The van der Waals surface area contributed by atoms with E-state index in [-0.39, 0.29) is 12.5 Å². The van der Waals surface area contributed by atoms with Crippen molar-refractivity contribution < 1.29 is 19.4 Å². The molecular formula is C22H18BrNO4S. The third-order valence-corrected chi connectivity index (χ3v) is 7.03. The number of alkyl carbamates (subject to hydrolysis) is 1. The minimum atomic E-state index is -1.57. The quantitative estimate of drug-likeness (QED) is 0.525. The molecule has 0 spiro atoms. The van der Waals surface area contributed by atoms with Crippen molar-refractivity contribution in [3.63, 3.8) is 0 Å². The molecule has 3 aromatic rings. The van der Waals surface area contributed by atoms with Gasteiger partial charge in [-0.05, 0) is 57.2 Å². The van der Waals surface area contributed by atoms with Crippen LogP contribution in [0.1, 0.15) is 28.8 Å². The molecule has 1 heterocycles. The fourth-order valence-electron chi connectivity index (χ4n) is 3.64. The summed E-state index contributed by atoms with van der Waals surface area (Å²) in [7, 11) is 0. The van der Waals surface area contributed by atoms with E-state index in [1.54, 1.807) is 12.1 Å². The Bertz CT molecular complexity index is 1050. The number of rotatable bonds is 5. The molecule has 2 aromatic carbocycles. The number of fused-ring (bicyclic) bond motifs is 3. The number of halogens is 1. The number of benzene rings is 2. The standard InChI is InChI=1S/C22H18BrNO4S/c1-22(20(25)26,18-10-11-19(23)29-18)24-21(27)28-12-17-15-8-4-2-6-13(15)14-7-3-5-9-16(14)17/h2-11,17H,12H2,1H3,(H,24,27)(H,25,26)/t22-/m1/s1. The summed E-state index contributed by atoms with van der Waals surface area (Å²) in [6, 6.07) is 19.5. The lowest BCUT2D eigenvalue weighted by Gasteiger charge is -2.25. The van der Waals surface area contributed by atoms with E-state index < -0.39 is 17.6 Å². The van der Waals surface area contributed by atoms with Crippen LogP contribution in [0.15, 0.2) is 64.5 Å². The molecule has 0 unspecified atom stereocenters. The molecule has 1 amide bonds. The number of amides is 1. The van der Waals surface area contributed by atoms with Gasteiger partial charge in [0.15, 0.2) is 5.54 Å². The monoisotopic (exact) mass is 471 g/mol. The van der Waals surface area contributed by atoms with Gasteiger partial charge in [-0.3, -0.25) is 0 Å². The number of thiophene rings is 1. The van der Waals surface area contributed by atoms with Crippen molar-refractivity contribution in [2.75, 3.05) is 6.61 Å². The van der Waals surface area contributed by atoms with Gasteiger partial charge in [0.05, 0.1) is 3.79 Å². The average molecular weight is 472 g/mol. The van der Waals surface area contributed by atoms with Crippen LogP contribution in [0.3, 0.4) is 0 Å². The van der Waals surface area contributed by atoms with Crippen LogP contribution in [0.4, 0.5) is 4.79 Å². The molecule has 0 saturated heterocycles. The minimum Gasteiger partial charge on any atom is -0.479 e. The molecule has 0 saturated carbocycles. The first-order chi connectivity index (χ1) is 13.9. The SMILES string of the molecule is C[C@](NC(=O)OCC1c2ccccc2-c2ccccc21)(C(=O)O)c1ccc(Br)s1. The first-order valence-corrected chi connectivity index (χ1v) is 10.6. The molecule has 5 nitrogen and oxygen atoms in total. The smallest absolute Gasteiger partial charge is 0.408 e. The number of carboxylic acid groups (broad SMARTS) is 1. The molecule has 0 aliphatic heterocycles. The fraction of sp³-hybridized carbons (Fsp3) is 0.182. The number of ether oxygens (including phenoxy) is 1. The van der Waals surface area contributed by atoms with E-state index >= 15 is 0 Å². The Morgan fingerprint density at radius 3 is 2.17 bits per heavy atom. The van der Waals surface area contributed by atoms with E-state index in [0.29, 0.717) is 4.88 Å². The third-order valence-electron chi connectivity index (χ3n) is 5.19. The van der Waals surface area contributed by atoms with Gasteiger partial charge in [-0.1, -0.05) is 48.5 Å². The van der Waals surface area contributed by atoms with Crippen LogP contribution >= 0.6 is 27.3 Å². The number of aliphatic carboxylic acids is 1. The van der Waals surface area contributed by atoms with Crippen LogP contribution in [-0.2, 0) is 15.1 Å². The highest BCUT2D eigenvalue weighted by Crippen LogP contribution is 2.44. The predicted octanol–water partition coefficient (Wildman–Crippen LogP) is 5.35. The van der Waals surface area contributed by atoms with Gasteiger partial charge in [0.25, 0.3) is 0 Å². The van der Waals surface area contributed by atoms with Crippen molar-refractivity contribution in [2.45, 2.75) is 18.4 Å².